The Morgan fingerprint density at radius 3 is 2.46 bits per heavy atom. The summed E-state index contributed by atoms with van der Waals surface area (Å²) in [6.07, 6.45) is -1.00. The van der Waals surface area contributed by atoms with Crippen LogP contribution in [0.4, 0.5) is 0 Å². The van der Waals surface area contributed by atoms with E-state index in [4.69, 9.17) is 9.47 Å². The number of amides is 1. The van der Waals surface area contributed by atoms with E-state index in [0.29, 0.717) is 11.5 Å². The summed E-state index contributed by atoms with van der Waals surface area (Å²) < 4.78 is 11.7. The lowest BCUT2D eigenvalue weighted by Crippen LogP contribution is -2.49. The largest absolute Gasteiger partial charge is 0.482 e. The predicted molar refractivity (Wildman–Crippen MR) is 93.4 cm³/mol. The standard InChI is InChI=1S/C20H23NO3/c1-12-9-10-13(2)16(11-12)14(3)21-20(22)19-15(4)23-17-7-5-6-8-18(17)24-19/h5-11,14-15,19H,1-4H3,(H,21,22)/t14-,15+,19+/m1/s1. The van der Waals surface area contributed by atoms with Gasteiger partial charge in [-0.2, -0.15) is 0 Å². The quantitative estimate of drug-likeness (QED) is 0.936. The summed E-state index contributed by atoms with van der Waals surface area (Å²) in [6, 6.07) is 13.6. The van der Waals surface area contributed by atoms with Gasteiger partial charge in [-0.1, -0.05) is 35.9 Å². The maximum absolute atomic E-state index is 12.7. The molecule has 4 nitrogen and oxygen atoms in total. The molecule has 1 N–H and O–H groups in total. The molecular formula is C20H23NO3. The Morgan fingerprint density at radius 1 is 1.08 bits per heavy atom. The van der Waals surface area contributed by atoms with Crippen molar-refractivity contribution in [1.82, 2.24) is 5.32 Å². The molecule has 1 heterocycles. The van der Waals surface area contributed by atoms with Gasteiger partial charge in [0.2, 0.25) is 6.10 Å². The molecule has 0 radical (unpaired) electrons. The highest BCUT2D eigenvalue weighted by atomic mass is 16.6. The van der Waals surface area contributed by atoms with Gasteiger partial charge in [0.05, 0.1) is 6.04 Å². The van der Waals surface area contributed by atoms with Gasteiger partial charge in [0, 0.05) is 0 Å². The summed E-state index contributed by atoms with van der Waals surface area (Å²) in [6.45, 7) is 7.94. The number of fused-ring (bicyclic) bond motifs is 1. The average Bonchev–Trinajstić information content (AvgIpc) is 2.56. The molecule has 1 amide bonds. The molecule has 0 spiro atoms. The molecule has 0 aromatic heterocycles. The fourth-order valence-electron chi connectivity index (χ4n) is 3.01. The van der Waals surface area contributed by atoms with Crippen LogP contribution in [0, 0.1) is 13.8 Å². The summed E-state index contributed by atoms with van der Waals surface area (Å²) in [5, 5.41) is 3.05. The fraction of sp³-hybridized carbons (Fsp3) is 0.350. The minimum absolute atomic E-state index is 0.0922. The molecule has 1 aliphatic heterocycles. The van der Waals surface area contributed by atoms with Gasteiger partial charge in [0.1, 0.15) is 6.10 Å². The van der Waals surface area contributed by atoms with E-state index in [0.717, 1.165) is 11.1 Å². The molecule has 126 valence electrons. The van der Waals surface area contributed by atoms with Gasteiger partial charge in [0.15, 0.2) is 11.5 Å². The molecule has 0 saturated carbocycles. The smallest absolute Gasteiger partial charge is 0.265 e. The first kappa shape index (κ1) is 16.4. The lowest BCUT2D eigenvalue weighted by Gasteiger charge is -2.32. The Labute approximate surface area is 142 Å². The fourth-order valence-corrected chi connectivity index (χ4v) is 3.01. The average molecular weight is 325 g/mol. The third-order valence-electron chi connectivity index (χ3n) is 4.36. The van der Waals surface area contributed by atoms with Crippen LogP contribution in [0.25, 0.3) is 0 Å². The van der Waals surface area contributed by atoms with Crippen molar-refractivity contribution in [2.75, 3.05) is 0 Å². The number of para-hydroxylation sites is 2. The van der Waals surface area contributed by atoms with Gasteiger partial charge in [-0.3, -0.25) is 4.79 Å². The van der Waals surface area contributed by atoms with E-state index in [-0.39, 0.29) is 18.1 Å². The van der Waals surface area contributed by atoms with E-state index in [1.165, 1.54) is 5.56 Å². The van der Waals surface area contributed by atoms with Crippen molar-refractivity contribution in [3.05, 3.63) is 59.2 Å². The Balaban J connectivity index is 1.74. The minimum Gasteiger partial charge on any atom is -0.482 e. The van der Waals surface area contributed by atoms with Crippen molar-refractivity contribution < 1.29 is 14.3 Å². The number of hydrogen-bond donors (Lipinski definition) is 1. The molecular weight excluding hydrogens is 302 g/mol. The maximum atomic E-state index is 12.7. The normalized spacial score (nSPS) is 20.3. The zero-order valence-corrected chi connectivity index (χ0v) is 14.5. The van der Waals surface area contributed by atoms with Crippen LogP contribution in [0.3, 0.4) is 0 Å². The van der Waals surface area contributed by atoms with E-state index in [9.17, 15) is 4.79 Å². The Hall–Kier alpha value is -2.49. The molecule has 4 heteroatoms. The molecule has 0 aliphatic carbocycles. The van der Waals surface area contributed by atoms with Crippen molar-refractivity contribution in [2.45, 2.75) is 45.9 Å². The number of aryl methyl sites for hydroxylation is 2. The minimum atomic E-state index is -0.660. The molecule has 0 unspecified atom stereocenters. The van der Waals surface area contributed by atoms with Crippen LogP contribution >= 0.6 is 0 Å². The van der Waals surface area contributed by atoms with Crippen LogP contribution in [-0.2, 0) is 4.79 Å². The van der Waals surface area contributed by atoms with Crippen molar-refractivity contribution >= 4 is 5.91 Å². The van der Waals surface area contributed by atoms with Gasteiger partial charge >= 0.3 is 0 Å². The molecule has 24 heavy (non-hydrogen) atoms. The first-order valence-electron chi connectivity index (χ1n) is 8.25. The third kappa shape index (κ3) is 3.23. The second kappa shape index (κ2) is 6.56. The molecule has 2 aromatic rings. The second-order valence-electron chi connectivity index (χ2n) is 6.40. The van der Waals surface area contributed by atoms with Gasteiger partial charge < -0.3 is 14.8 Å². The maximum Gasteiger partial charge on any atom is 0.265 e. The zero-order valence-electron chi connectivity index (χ0n) is 14.5. The van der Waals surface area contributed by atoms with E-state index in [1.54, 1.807) is 0 Å². The van der Waals surface area contributed by atoms with Crippen molar-refractivity contribution in [2.24, 2.45) is 0 Å². The molecule has 2 aromatic carbocycles. The van der Waals surface area contributed by atoms with E-state index in [2.05, 4.69) is 37.4 Å². The molecule has 3 atom stereocenters. The molecule has 3 rings (SSSR count). The van der Waals surface area contributed by atoms with Crippen LogP contribution in [0.2, 0.25) is 0 Å². The first-order valence-corrected chi connectivity index (χ1v) is 8.25. The zero-order chi connectivity index (χ0) is 17.3. The summed E-state index contributed by atoms with van der Waals surface area (Å²) in [7, 11) is 0. The van der Waals surface area contributed by atoms with Crippen molar-refractivity contribution in [3.8, 4) is 11.5 Å². The number of ether oxygens (including phenoxy) is 2. The third-order valence-corrected chi connectivity index (χ3v) is 4.36. The molecule has 1 aliphatic rings. The summed E-state index contributed by atoms with van der Waals surface area (Å²) in [5.41, 5.74) is 3.46. The Morgan fingerprint density at radius 2 is 1.75 bits per heavy atom. The predicted octanol–water partition coefficient (Wildman–Crippen LogP) is 3.71. The number of carbonyl (C=O) groups is 1. The van der Waals surface area contributed by atoms with Crippen LogP contribution in [0.15, 0.2) is 42.5 Å². The SMILES string of the molecule is Cc1ccc(C)c([C@@H](C)NC(=O)[C@H]2Oc3ccccc3O[C@H]2C)c1. The summed E-state index contributed by atoms with van der Waals surface area (Å²) in [5.74, 6) is 1.12. The molecule has 0 fully saturated rings. The van der Waals surface area contributed by atoms with E-state index < -0.39 is 6.10 Å². The lowest BCUT2D eigenvalue weighted by molar-refractivity contribution is -0.134. The van der Waals surface area contributed by atoms with Gasteiger partial charge in [0.25, 0.3) is 5.91 Å². The summed E-state index contributed by atoms with van der Waals surface area (Å²) in [4.78, 5) is 12.7. The van der Waals surface area contributed by atoms with Crippen LogP contribution in [-0.4, -0.2) is 18.1 Å². The van der Waals surface area contributed by atoms with Crippen LogP contribution in [0.5, 0.6) is 11.5 Å². The van der Waals surface area contributed by atoms with Crippen molar-refractivity contribution in [3.63, 3.8) is 0 Å². The van der Waals surface area contributed by atoms with Gasteiger partial charge in [-0.25, -0.2) is 0 Å². The number of nitrogens with one attached hydrogen (secondary N) is 1. The highest BCUT2D eigenvalue weighted by Crippen LogP contribution is 2.33. The highest BCUT2D eigenvalue weighted by Gasteiger charge is 2.34. The Kier molecular flexibility index (Phi) is 4.47. The lowest BCUT2D eigenvalue weighted by atomic mass is 9.99. The first-order chi connectivity index (χ1) is 11.5. The number of benzene rings is 2. The second-order valence-corrected chi connectivity index (χ2v) is 6.40. The number of carbonyl (C=O) groups excluding carboxylic acids is 1. The van der Waals surface area contributed by atoms with E-state index >= 15 is 0 Å². The monoisotopic (exact) mass is 325 g/mol. The highest BCUT2D eigenvalue weighted by molar-refractivity contribution is 5.82. The Bertz CT molecular complexity index is 756. The van der Waals surface area contributed by atoms with Crippen LogP contribution < -0.4 is 14.8 Å². The topological polar surface area (TPSA) is 47.6 Å². The number of rotatable bonds is 3. The van der Waals surface area contributed by atoms with Crippen molar-refractivity contribution in [1.29, 1.82) is 0 Å². The summed E-state index contributed by atoms with van der Waals surface area (Å²) >= 11 is 0. The molecule has 0 saturated heterocycles. The number of hydrogen-bond acceptors (Lipinski definition) is 3. The van der Waals surface area contributed by atoms with Gasteiger partial charge in [-0.05, 0) is 51.0 Å². The van der Waals surface area contributed by atoms with Gasteiger partial charge in [-0.15, -0.1) is 0 Å². The van der Waals surface area contributed by atoms with Crippen LogP contribution in [0.1, 0.15) is 36.6 Å². The van der Waals surface area contributed by atoms with E-state index in [1.807, 2.05) is 38.1 Å². The molecule has 0 bridgehead atoms.